The number of carbonyl (C=O) groups excluding carboxylic acids is 2. The van der Waals surface area contributed by atoms with Crippen LogP contribution in [0.1, 0.15) is 78.6 Å². The molecule has 0 radical (unpaired) electrons. The van der Waals surface area contributed by atoms with Crippen LogP contribution in [0.2, 0.25) is 0 Å². The van der Waals surface area contributed by atoms with Gasteiger partial charge in [-0.15, -0.1) is 0 Å². The number of rotatable bonds is 5. The van der Waals surface area contributed by atoms with Crippen LogP contribution in [0.3, 0.4) is 0 Å². The Bertz CT molecular complexity index is 951. The number of aliphatic hydroxyl groups excluding tert-OH is 2. The molecule has 194 valence electrons. The van der Waals surface area contributed by atoms with E-state index in [1.165, 1.54) is 13.0 Å². The van der Waals surface area contributed by atoms with Crippen LogP contribution in [0.5, 0.6) is 0 Å². The molecule has 5 rings (SSSR count). The Balaban J connectivity index is 1.67. The van der Waals surface area contributed by atoms with Crippen molar-refractivity contribution in [2.45, 2.75) is 102 Å². The maximum Gasteiger partial charge on any atom is 0.331 e. The summed E-state index contributed by atoms with van der Waals surface area (Å²) in [6.45, 7) is 5.80. The van der Waals surface area contributed by atoms with E-state index >= 15 is 0 Å². The molecule has 3 fully saturated rings. The maximum absolute atomic E-state index is 12.8. The number of aliphatic hydroxyl groups is 3. The van der Waals surface area contributed by atoms with Gasteiger partial charge in [0, 0.05) is 24.3 Å². The number of hydrogen-bond acceptors (Lipinski definition) is 7. The van der Waals surface area contributed by atoms with Gasteiger partial charge in [0.05, 0.1) is 23.2 Å². The molecule has 4 aliphatic carbocycles. The highest BCUT2D eigenvalue weighted by Crippen LogP contribution is 2.73. The van der Waals surface area contributed by atoms with Crippen LogP contribution in [-0.2, 0) is 19.1 Å². The molecule has 0 amide bonds. The maximum atomic E-state index is 12.8. The van der Waals surface area contributed by atoms with Gasteiger partial charge in [0.25, 0.3) is 0 Å². The molecule has 8 atom stereocenters. The quantitative estimate of drug-likeness (QED) is 0.402. The van der Waals surface area contributed by atoms with Gasteiger partial charge in [0.1, 0.15) is 12.7 Å². The van der Waals surface area contributed by atoms with Crippen molar-refractivity contribution in [3.8, 4) is 0 Å². The number of hydrogen-bond donors (Lipinski definition) is 3. The minimum Gasteiger partial charge on any atom is -0.462 e. The van der Waals surface area contributed by atoms with E-state index in [0.29, 0.717) is 25.2 Å². The standard InChI is InChI=1S/C28H40O7/c1-17(29)35-20-15-25(2)11-9-21(30)28(27(25,33)13-8-18-14-23(32)34-16-18)22(31)10-12-26(3,24(20)28)19-6-4-5-7-19/h9,11,14,19-22,24,30-31,33H,4-8,10,12-13,15-16H2,1-3H3. The summed E-state index contributed by atoms with van der Waals surface area (Å²) in [5.74, 6) is -0.778. The fourth-order valence-electron chi connectivity index (χ4n) is 9.12. The van der Waals surface area contributed by atoms with Gasteiger partial charge in [-0.25, -0.2) is 4.79 Å². The average Bonchev–Trinajstić information content (AvgIpc) is 3.47. The third-order valence-electron chi connectivity index (χ3n) is 10.7. The van der Waals surface area contributed by atoms with E-state index in [2.05, 4.69) is 6.92 Å². The van der Waals surface area contributed by atoms with Crippen LogP contribution in [0.25, 0.3) is 0 Å². The second-order valence-corrected chi connectivity index (χ2v) is 12.3. The fourth-order valence-corrected chi connectivity index (χ4v) is 9.12. The van der Waals surface area contributed by atoms with Crippen molar-refractivity contribution in [1.82, 2.24) is 0 Å². The molecule has 3 saturated carbocycles. The molecule has 7 nitrogen and oxygen atoms in total. The van der Waals surface area contributed by atoms with E-state index in [0.717, 1.165) is 37.7 Å². The SMILES string of the molecule is CC(=O)OC1CC2(C)C=CC(O)C3(C(O)CCC(C)(C4CCCC4)C13)C2(O)CCC1=CC(=O)OC1. The van der Waals surface area contributed by atoms with Crippen molar-refractivity contribution >= 4 is 11.9 Å². The molecule has 35 heavy (non-hydrogen) atoms. The first-order chi connectivity index (χ1) is 16.5. The summed E-state index contributed by atoms with van der Waals surface area (Å²) in [5.41, 5.74) is -3.09. The van der Waals surface area contributed by atoms with Crippen molar-refractivity contribution in [3.63, 3.8) is 0 Å². The highest BCUT2D eigenvalue weighted by Gasteiger charge is 2.78. The zero-order chi connectivity index (χ0) is 25.2. The Morgan fingerprint density at radius 1 is 1.20 bits per heavy atom. The van der Waals surface area contributed by atoms with Gasteiger partial charge in [-0.05, 0) is 61.9 Å². The summed E-state index contributed by atoms with van der Waals surface area (Å²) in [5, 5.41) is 36.4. The molecule has 1 aliphatic heterocycles. The lowest BCUT2D eigenvalue weighted by molar-refractivity contribution is -0.337. The van der Waals surface area contributed by atoms with Gasteiger partial charge in [-0.2, -0.15) is 0 Å². The van der Waals surface area contributed by atoms with Crippen molar-refractivity contribution in [2.24, 2.45) is 28.1 Å². The van der Waals surface area contributed by atoms with E-state index in [9.17, 15) is 24.9 Å². The third kappa shape index (κ3) is 3.41. The zero-order valence-electron chi connectivity index (χ0n) is 21.2. The predicted molar refractivity (Wildman–Crippen MR) is 128 cm³/mol. The van der Waals surface area contributed by atoms with Crippen LogP contribution in [0.4, 0.5) is 0 Å². The molecule has 1 heterocycles. The average molecular weight is 489 g/mol. The van der Waals surface area contributed by atoms with Crippen LogP contribution in [0.15, 0.2) is 23.8 Å². The molecule has 2 bridgehead atoms. The Morgan fingerprint density at radius 3 is 2.54 bits per heavy atom. The summed E-state index contributed by atoms with van der Waals surface area (Å²) in [6.07, 6.45) is 9.31. The van der Waals surface area contributed by atoms with Crippen LogP contribution < -0.4 is 0 Å². The number of ether oxygens (including phenoxy) is 2. The Kier molecular flexibility index (Phi) is 6.01. The summed E-state index contributed by atoms with van der Waals surface area (Å²) >= 11 is 0. The lowest BCUT2D eigenvalue weighted by Crippen LogP contribution is -2.80. The van der Waals surface area contributed by atoms with E-state index < -0.39 is 40.7 Å². The molecule has 0 aromatic heterocycles. The van der Waals surface area contributed by atoms with Crippen molar-refractivity contribution < 1.29 is 34.4 Å². The largest absolute Gasteiger partial charge is 0.462 e. The smallest absolute Gasteiger partial charge is 0.331 e. The van der Waals surface area contributed by atoms with E-state index in [1.54, 1.807) is 6.08 Å². The highest BCUT2D eigenvalue weighted by molar-refractivity contribution is 5.85. The molecule has 3 N–H and O–H groups in total. The minimum absolute atomic E-state index is 0.207. The first-order valence-corrected chi connectivity index (χ1v) is 13.3. The molecule has 0 aromatic rings. The first kappa shape index (κ1) is 25.0. The molecular weight excluding hydrogens is 448 g/mol. The van der Waals surface area contributed by atoms with E-state index in [1.807, 2.05) is 13.0 Å². The minimum atomic E-state index is -1.47. The summed E-state index contributed by atoms with van der Waals surface area (Å²) in [7, 11) is 0. The van der Waals surface area contributed by atoms with Crippen LogP contribution in [0, 0.1) is 28.1 Å². The van der Waals surface area contributed by atoms with E-state index in [4.69, 9.17) is 9.47 Å². The van der Waals surface area contributed by atoms with Crippen LogP contribution >= 0.6 is 0 Å². The summed E-state index contributed by atoms with van der Waals surface area (Å²) in [4.78, 5) is 24.0. The normalized spacial score (nSPS) is 47.3. The van der Waals surface area contributed by atoms with Crippen molar-refractivity contribution in [3.05, 3.63) is 23.8 Å². The summed E-state index contributed by atoms with van der Waals surface area (Å²) < 4.78 is 11.1. The predicted octanol–water partition coefficient (Wildman–Crippen LogP) is 3.21. The van der Waals surface area contributed by atoms with Gasteiger partial charge in [0.15, 0.2) is 0 Å². The Labute approximate surface area is 207 Å². The molecule has 0 aromatic carbocycles. The second-order valence-electron chi connectivity index (χ2n) is 12.3. The Morgan fingerprint density at radius 2 is 1.91 bits per heavy atom. The second kappa shape index (κ2) is 8.42. The molecule has 5 aliphatic rings. The van der Waals surface area contributed by atoms with Gasteiger partial charge >= 0.3 is 11.9 Å². The topological polar surface area (TPSA) is 113 Å². The number of carbonyl (C=O) groups is 2. The van der Waals surface area contributed by atoms with Crippen molar-refractivity contribution in [2.75, 3.05) is 6.61 Å². The Hall–Kier alpha value is -1.70. The van der Waals surface area contributed by atoms with Crippen molar-refractivity contribution in [1.29, 1.82) is 0 Å². The van der Waals surface area contributed by atoms with E-state index in [-0.39, 0.29) is 30.4 Å². The molecule has 1 spiro atoms. The zero-order valence-corrected chi connectivity index (χ0v) is 21.2. The first-order valence-electron chi connectivity index (χ1n) is 13.3. The molecular formula is C28H40O7. The van der Waals surface area contributed by atoms with Gasteiger partial charge in [-0.3, -0.25) is 4.79 Å². The lowest BCUT2D eigenvalue weighted by atomic mass is 9.34. The van der Waals surface area contributed by atoms with Gasteiger partial charge in [0.2, 0.25) is 0 Å². The lowest BCUT2D eigenvalue weighted by Gasteiger charge is -2.73. The molecule has 7 heteroatoms. The number of esters is 2. The van der Waals surface area contributed by atoms with Gasteiger partial charge in [-0.1, -0.05) is 38.8 Å². The number of cyclic esters (lactones) is 1. The monoisotopic (exact) mass is 488 g/mol. The highest BCUT2D eigenvalue weighted by atomic mass is 16.5. The van der Waals surface area contributed by atoms with Crippen LogP contribution in [-0.4, -0.2) is 57.8 Å². The van der Waals surface area contributed by atoms with Gasteiger partial charge < -0.3 is 24.8 Å². The summed E-state index contributed by atoms with van der Waals surface area (Å²) in [6, 6.07) is 0. The fraction of sp³-hybridized carbons (Fsp3) is 0.786. The molecule has 0 saturated heterocycles. The third-order valence-corrected chi connectivity index (χ3v) is 10.7. The number of fused-ring (bicyclic) bond motifs is 1. The molecule has 8 unspecified atom stereocenters.